The van der Waals surface area contributed by atoms with Crippen LogP contribution in [0.3, 0.4) is 0 Å². The Morgan fingerprint density at radius 3 is 1.92 bits per heavy atom. The van der Waals surface area contributed by atoms with Crippen molar-refractivity contribution in [3.63, 3.8) is 0 Å². The lowest BCUT2D eigenvalue weighted by Gasteiger charge is -2.28. The Hall–Kier alpha value is -0.570. The smallest absolute Gasteiger partial charge is 0.225 e. The minimum atomic E-state index is 0.0885. The third-order valence-electron chi connectivity index (χ3n) is 2.19. The summed E-state index contributed by atoms with van der Waals surface area (Å²) in [4.78, 5) is 15.4. The topological polar surface area (TPSA) is 23.6 Å². The van der Waals surface area contributed by atoms with Gasteiger partial charge in [0.15, 0.2) is 0 Å². The van der Waals surface area contributed by atoms with Crippen molar-refractivity contribution in [1.29, 1.82) is 0 Å². The average Bonchev–Trinajstić information content (AvgIpc) is 2.02. The predicted octanol–water partition coefficient (Wildman–Crippen LogP) is 1.40. The van der Waals surface area contributed by atoms with Crippen molar-refractivity contribution >= 4 is 5.91 Å². The molecule has 0 radical (unpaired) electrons. The number of carbonyl (C=O) groups excluding carboxylic acids is 1. The van der Waals surface area contributed by atoms with Gasteiger partial charge in [0.25, 0.3) is 0 Å². The molecule has 0 rings (SSSR count). The fraction of sp³-hybridized carbons (Fsp3) is 0.900. The highest BCUT2D eigenvalue weighted by atomic mass is 16.2. The van der Waals surface area contributed by atoms with E-state index in [-0.39, 0.29) is 11.8 Å². The fourth-order valence-electron chi connectivity index (χ4n) is 1.01. The van der Waals surface area contributed by atoms with E-state index in [0.717, 1.165) is 0 Å². The van der Waals surface area contributed by atoms with Crippen LogP contribution >= 0.6 is 0 Å². The first-order valence-electron chi connectivity index (χ1n) is 4.81. The standard InChI is InChI=1S/C10H22N2O/c1-8(2)10(13)12(6)7-11(5)9(3)4/h8-9H,7H2,1-6H3. The Balaban J connectivity index is 4.00. The molecule has 0 heterocycles. The summed E-state index contributed by atoms with van der Waals surface area (Å²) >= 11 is 0. The molecule has 0 aromatic heterocycles. The van der Waals surface area contributed by atoms with Crippen molar-refractivity contribution in [2.75, 3.05) is 20.8 Å². The molecule has 0 aromatic carbocycles. The van der Waals surface area contributed by atoms with Crippen LogP contribution in [0.4, 0.5) is 0 Å². The minimum Gasteiger partial charge on any atom is -0.333 e. The van der Waals surface area contributed by atoms with Crippen molar-refractivity contribution in [2.24, 2.45) is 5.92 Å². The number of nitrogens with zero attached hydrogens (tertiary/aromatic N) is 2. The molecule has 3 nitrogen and oxygen atoms in total. The average molecular weight is 186 g/mol. The number of amides is 1. The van der Waals surface area contributed by atoms with Crippen molar-refractivity contribution in [1.82, 2.24) is 9.80 Å². The van der Waals surface area contributed by atoms with Gasteiger partial charge >= 0.3 is 0 Å². The SMILES string of the molecule is CC(C)C(=O)N(C)CN(C)C(C)C. The molecular weight excluding hydrogens is 164 g/mol. The third-order valence-corrected chi connectivity index (χ3v) is 2.19. The Bertz CT molecular complexity index is 166. The Morgan fingerprint density at radius 1 is 1.15 bits per heavy atom. The maximum Gasteiger partial charge on any atom is 0.225 e. The maximum atomic E-state index is 11.5. The first-order chi connectivity index (χ1) is 5.86. The minimum absolute atomic E-state index is 0.0885. The van der Waals surface area contributed by atoms with Gasteiger partial charge in [-0.15, -0.1) is 0 Å². The highest BCUT2D eigenvalue weighted by molar-refractivity contribution is 5.77. The van der Waals surface area contributed by atoms with Crippen molar-refractivity contribution in [3.05, 3.63) is 0 Å². The molecule has 0 aromatic rings. The van der Waals surface area contributed by atoms with Gasteiger partial charge in [-0.1, -0.05) is 13.8 Å². The van der Waals surface area contributed by atoms with Crippen molar-refractivity contribution < 1.29 is 4.79 Å². The lowest BCUT2D eigenvalue weighted by atomic mass is 10.2. The van der Waals surface area contributed by atoms with E-state index in [1.54, 1.807) is 4.90 Å². The highest BCUT2D eigenvalue weighted by Gasteiger charge is 2.14. The molecule has 0 unspecified atom stereocenters. The van der Waals surface area contributed by atoms with E-state index in [1.807, 2.05) is 27.9 Å². The molecule has 0 saturated heterocycles. The van der Waals surface area contributed by atoms with Gasteiger partial charge in [0, 0.05) is 19.0 Å². The summed E-state index contributed by atoms with van der Waals surface area (Å²) in [5.74, 6) is 0.290. The molecule has 0 bridgehead atoms. The van der Waals surface area contributed by atoms with Gasteiger partial charge in [-0.2, -0.15) is 0 Å². The Morgan fingerprint density at radius 2 is 1.62 bits per heavy atom. The molecule has 0 fully saturated rings. The molecule has 3 heteroatoms. The zero-order chi connectivity index (χ0) is 10.6. The molecule has 0 N–H and O–H groups in total. The summed E-state index contributed by atoms with van der Waals surface area (Å²) in [5, 5.41) is 0. The van der Waals surface area contributed by atoms with Crippen LogP contribution in [-0.4, -0.2) is 42.5 Å². The fourth-order valence-corrected chi connectivity index (χ4v) is 1.01. The molecular formula is C10H22N2O. The van der Waals surface area contributed by atoms with Crippen LogP contribution in [0, 0.1) is 5.92 Å². The van der Waals surface area contributed by atoms with E-state index in [1.165, 1.54) is 0 Å². The van der Waals surface area contributed by atoms with Crippen molar-refractivity contribution in [2.45, 2.75) is 33.7 Å². The summed E-state index contributed by atoms with van der Waals surface area (Å²) < 4.78 is 0. The Kier molecular flexibility index (Phi) is 4.99. The molecule has 1 amide bonds. The molecule has 0 saturated carbocycles. The zero-order valence-electron chi connectivity index (χ0n) is 9.66. The number of hydrogen-bond acceptors (Lipinski definition) is 2. The molecule has 0 atom stereocenters. The third kappa shape index (κ3) is 4.27. The van der Waals surface area contributed by atoms with E-state index in [4.69, 9.17) is 0 Å². The lowest BCUT2D eigenvalue weighted by Crippen LogP contribution is -2.41. The van der Waals surface area contributed by atoms with E-state index >= 15 is 0 Å². The van der Waals surface area contributed by atoms with Gasteiger partial charge in [-0.25, -0.2) is 0 Å². The second-order valence-corrected chi connectivity index (χ2v) is 4.18. The zero-order valence-corrected chi connectivity index (χ0v) is 9.66. The van der Waals surface area contributed by atoms with E-state index in [0.29, 0.717) is 12.7 Å². The normalized spacial score (nSPS) is 11.5. The second-order valence-electron chi connectivity index (χ2n) is 4.18. The molecule has 78 valence electrons. The van der Waals surface area contributed by atoms with Crippen LogP contribution in [0.2, 0.25) is 0 Å². The van der Waals surface area contributed by atoms with Gasteiger partial charge < -0.3 is 4.90 Å². The quantitative estimate of drug-likeness (QED) is 0.620. The van der Waals surface area contributed by atoms with Crippen LogP contribution in [0.15, 0.2) is 0 Å². The Labute approximate surface area is 81.7 Å². The first kappa shape index (κ1) is 12.4. The van der Waals surface area contributed by atoms with Crippen LogP contribution in [0.1, 0.15) is 27.7 Å². The van der Waals surface area contributed by atoms with Crippen LogP contribution in [-0.2, 0) is 4.79 Å². The second kappa shape index (κ2) is 5.22. The van der Waals surface area contributed by atoms with E-state index in [2.05, 4.69) is 18.7 Å². The van der Waals surface area contributed by atoms with Gasteiger partial charge in [-0.05, 0) is 20.9 Å². The maximum absolute atomic E-state index is 11.5. The monoisotopic (exact) mass is 186 g/mol. The summed E-state index contributed by atoms with van der Waals surface area (Å²) in [6.45, 7) is 8.79. The largest absolute Gasteiger partial charge is 0.333 e. The molecule has 0 aliphatic rings. The van der Waals surface area contributed by atoms with Crippen molar-refractivity contribution in [3.8, 4) is 0 Å². The van der Waals surface area contributed by atoms with E-state index in [9.17, 15) is 4.79 Å². The molecule has 13 heavy (non-hydrogen) atoms. The number of rotatable bonds is 4. The summed E-state index contributed by atoms with van der Waals surface area (Å²) in [7, 11) is 3.87. The lowest BCUT2D eigenvalue weighted by molar-refractivity contribution is -0.135. The number of carbonyl (C=O) groups is 1. The number of hydrogen-bond donors (Lipinski definition) is 0. The van der Waals surface area contributed by atoms with Gasteiger partial charge in [0.05, 0.1) is 6.67 Å². The van der Waals surface area contributed by atoms with Gasteiger partial charge in [0.1, 0.15) is 0 Å². The predicted molar refractivity (Wildman–Crippen MR) is 55.4 cm³/mol. The molecule has 0 aliphatic carbocycles. The highest BCUT2D eigenvalue weighted by Crippen LogP contribution is 2.01. The van der Waals surface area contributed by atoms with Crippen LogP contribution in [0.5, 0.6) is 0 Å². The van der Waals surface area contributed by atoms with E-state index < -0.39 is 0 Å². The first-order valence-corrected chi connectivity index (χ1v) is 4.81. The summed E-state index contributed by atoms with van der Waals surface area (Å²) in [6, 6.07) is 0.474. The molecule has 0 aliphatic heterocycles. The summed E-state index contributed by atoms with van der Waals surface area (Å²) in [5.41, 5.74) is 0. The van der Waals surface area contributed by atoms with Gasteiger partial charge in [0.2, 0.25) is 5.91 Å². The molecule has 0 spiro atoms. The van der Waals surface area contributed by atoms with Crippen LogP contribution in [0.25, 0.3) is 0 Å². The van der Waals surface area contributed by atoms with Gasteiger partial charge in [-0.3, -0.25) is 9.69 Å². The summed E-state index contributed by atoms with van der Waals surface area (Å²) in [6.07, 6.45) is 0. The van der Waals surface area contributed by atoms with Crippen LogP contribution < -0.4 is 0 Å².